The number of nitrogens with one attached hydrogen (secondary N) is 1. The highest BCUT2D eigenvalue weighted by atomic mass is 16.5. The normalized spacial score (nSPS) is 11.9. The van der Waals surface area contributed by atoms with Gasteiger partial charge in [-0.15, -0.1) is 0 Å². The number of hydrogen-bond acceptors (Lipinski definition) is 3. The molecule has 2 aromatic carbocycles. The van der Waals surface area contributed by atoms with E-state index in [2.05, 4.69) is 5.32 Å². The summed E-state index contributed by atoms with van der Waals surface area (Å²) in [4.78, 5) is 27.6. The van der Waals surface area contributed by atoms with Crippen LogP contribution < -0.4 is 5.32 Å². The van der Waals surface area contributed by atoms with Crippen LogP contribution in [-0.4, -0.2) is 36.0 Å². The molecule has 0 fully saturated rings. The molecular formula is C24H32N2O3. The topological polar surface area (TPSA) is 58.6 Å². The van der Waals surface area contributed by atoms with Crippen molar-refractivity contribution in [1.82, 2.24) is 10.2 Å². The van der Waals surface area contributed by atoms with E-state index in [1.165, 1.54) is 0 Å². The van der Waals surface area contributed by atoms with Crippen molar-refractivity contribution < 1.29 is 14.3 Å². The van der Waals surface area contributed by atoms with Gasteiger partial charge in [-0.1, -0.05) is 67.6 Å². The van der Waals surface area contributed by atoms with E-state index in [1.54, 1.807) is 4.90 Å². The fraction of sp³-hybridized carbons (Fsp3) is 0.417. The molecule has 1 N–H and O–H groups in total. The predicted octanol–water partition coefficient (Wildman–Crippen LogP) is 4.10. The second-order valence-corrected chi connectivity index (χ2v) is 7.24. The van der Waals surface area contributed by atoms with E-state index in [9.17, 15) is 9.59 Å². The lowest BCUT2D eigenvalue weighted by molar-refractivity contribution is -0.141. The van der Waals surface area contributed by atoms with Crippen LogP contribution in [0.5, 0.6) is 0 Å². The summed E-state index contributed by atoms with van der Waals surface area (Å²) < 4.78 is 5.54. The number of nitrogens with zero attached hydrogens (tertiary/aromatic N) is 1. The third-order valence-electron chi connectivity index (χ3n) is 4.57. The minimum Gasteiger partial charge on any atom is -0.379 e. The Balaban J connectivity index is 2.20. The number of rotatable bonds is 11. The minimum atomic E-state index is -0.671. The molecule has 0 aromatic heterocycles. The van der Waals surface area contributed by atoms with E-state index in [0.29, 0.717) is 26.1 Å². The summed E-state index contributed by atoms with van der Waals surface area (Å²) in [5.41, 5.74) is 1.80. The van der Waals surface area contributed by atoms with E-state index in [-0.39, 0.29) is 17.9 Å². The zero-order chi connectivity index (χ0) is 21.1. The Morgan fingerprint density at radius 1 is 1.00 bits per heavy atom. The average molecular weight is 397 g/mol. The average Bonchev–Trinajstić information content (AvgIpc) is 2.73. The first kappa shape index (κ1) is 22.6. The third-order valence-corrected chi connectivity index (χ3v) is 4.57. The smallest absolute Gasteiger partial charge is 0.247 e. The summed E-state index contributed by atoms with van der Waals surface area (Å²) >= 11 is 0. The SMILES string of the molecule is CCC(=O)N(Cc1ccccc1)[C@H](C(=O)NCCCOC(C)C)c1ccccc1. The molecule has 0 unspecified atom stereocenters. The van der Waals surface area contributed by atoms with Crippen LogP contribution >= 0.6 is 0 Å². The van der Waals surface area contributed by atoms with E-state index in [4.69, 9.17) is 4.74 Å². The molecule has 0 heterocycles. The van der Waals surface area contributed by atoms with Gasteiger partial charge >= 0.3 is 0 Å². The summed E-state index contributed by atoms with van der Waals surface area (Å²) in [7, 11) is 0. The second-order valence-electron chi connectivity index (χ2n) is 7.24. The lowest BCUT2D eigenvalue weighted by Crippen LogP contribution is -2.43. The molecule has 0 aliphatic rings. The Labute approximate surface area is 174 Å². The number of carbonyl (C=O) groups is 2. The lowest BCUT2D eigenvalue weighted by Gasteiger charge is -2.31. The fourth-order valence-corrected chi connectivity index (χ4v) is 3.11. The van der Waals surface area contributed by atoms with Gasteiger partial charge in [0, 0.05) is 26.1 Å². The Hall–Kier alpha value is -2.66. The van der Waals surface area contributed by atoms with Crippen LogP contribution in [-0.2, 0) is 20.9 Å². The van der Waals surface area contributed by atoms with E-state index in [1.807, 2.05) is 81.4 Å². The third kappa shape index (κ3) is 7.35. The van der Waals surface area contributed by atoms with Crippen LogP contribution in [0.1, 0.15) is 50.8 Å². The minimum absolute atomic E-state index is 0.0546. The molecule has 0 aliphatic carbocycles. The van der Waals surface area contributed by atoms with Crippen molar-refractivity contribution in [2.75, 3.05) is 13.2 Å². The van der Waals surface area contributed by atoms with Crippen LogP contribution in [0.2, 0.25) is 0 Å². The quantitative estimate of drug-likeness (QED) is 0.582. The molecule has 2 rings (SSSR count). The van der Waals surface area contributed by atoms with Crippen molar-refractivity contribution in [3.05, 3.63) is 71.8 Å². The van der Waals surface area contributed by atoms with Gasteiger partial charge < -0.3 is 15.0 Å². The van der Waals surface area contributed by atoms with Gasteiger partial charge in [0.1, 0.15) is 6.04 Å². The molecule has 0 aliphatic heterocycles. The summed E-state index contributed by atoms with van der Waals surface area (Å²) in [6.07, 6.45) is 1.24. The van der Waals surface area contributed by atoms with Crippen LogP contribution in [0.4, 0.5) is 0 Å². The highest BCUT2D eigenvalue weighted by molar-refractivity contribution is 5.88. The summed E-state index contributed by atoms with van der Waals surface area (Å²) in [6, 6.07) is 18.6. The summed E-state index contributed by atoms with van der Waals surface area (Å²) in [6.45, 7) is 7.29. The molecule has 2 aromatic rings. The maximum Gasteiger partial charge on any atom is 0.247 e. The number of hydrogen-bond donors (Lipinski definition) is 1. The first-order chi connectivity index (χ1) is 14.0. The molecule has 1 atom stereocenters. The zero-order valence-corrected chi connectivity index (χ0v) is 17.6. The van der Waals surface area contributed by atoms with Gasteiger partial charge in [-0.3, -0.25) is 9.59 Å². The summed E-state index contributed by atoms with van der Waals surface area (Å²) in [5, 5.41) is 2.99. The number of carbonyl (C=O) groups excluding carboxylic acids is 2. The molecule has 5 heteroatoms. The zero-order valence-electron chi connectivity index (χ0n) is 17.6. The Bertz CT molecular complexity index is 747. The maximum absolute atomic E-state index is 13.1. The molecule has 0 saturated heterocycles. The Morgan fingerprint density at radius 3 is 2.21 bits per heavy atom. The van der Waals surface area contributed by atoms with Crippen molar-refractivity contribution in [1.29, 1.82) is 0 Å². The van der Waals surface area contributed by atoms with Gasteiger partial charge in [0.15, 0.2) is 0 Å². The molecule has 0 saturated carbocycles. The highest BCUT2D eigenvalue weighted by Gasteiger charge is 2.30. The van der Waals surface area contributed by atoms with Crippen molar-refractivity contribution in [3.63, 3.8) is 0 Å². The molecule has 29 heavy (non-hydrogen) atoms. The van der Waals surface area contributed by atoms with Gasteiger partial charge in [-0.25, -0.2) is 0 Å². The van der Waals surface area contributed by atoms with Crippen LogP contribution in [0.3, 0.4) is 0 Å². The number of ether oxygens (including phenoxy) is 1. The van der Waals surface area contributed by atoms with Crippen LogP contribution in [0, 0.1) is 0 Å². The molecule has 5 nitrogen and oxygen atoms in total. The van der Waals surface area contributed by atoms with Gasteiger partial charge in [-0.05, 0) is 31.4 Å². The van der Waals surface area contributed by atoms with E-state index in [0.717, 1.165) is 17.5 Å². The maximum atomic E-state index is 13.1. The van der Waals surface area contributed by atoms with Crippen molar-refractivity contribution in [3.8, 4) is 0 Å². The Kier molecular flexibility index (Phi) is 9.38. The number of amides is 2. The molecule has 0 bridgehead atoms. The lowest BCUT2D eigenvalue weighted by atomic mass is 10.0. The van der Waals surface area contributed by atoms with E-state index >= 15 is 0 Å². The molecule has 0 spiro atoms. The second kappa shape index (κ2) is 12.0. The fourth-order valence-electron chi connectivity index (χ4n) is 3.11. The molecule has 0 radical (unpaired) electrons. The van der Waals surface area contributed by atoms with Gasteiger partial charge in [0.05, 0.1) is 6.10 Å². The first-order valence-corrected chi connectivity index (χ1v) is 10.3. The van der Waals surface area contributed by atoms with Gasteiger partial charge in [-0.2, -0.15) is 0 Å². The van der Waals surface area contributed by atoms with E-state index < -0.39 is 6.04 Å². The number of benzene rings is 2. The standard InChI is InChI=1S/C24H32N2O3/c1-4-22(27)26(18-20-12-7-5-8-13-20)23(21-14-9-6-10-15-21)24(28)25-16-11-17-29-19(2)3/h5-10,12-15,19,23H,4,11,16-18H2,1-3H3,(H,25,28)/t23-/m0/s1. The highest BCUT2D eigenvalue weighted by Crippen LogP contribution is 2.24. The van der Waals surface area contributed by atoms with Crippen LogP contribution in [0.15, 0.2) is 60.7 Å². The van der Waals surface area contributed by atoms with Gasteiger partial charge in [0.25, 0.3) is 0 Å². The largest absolute Gasteiger partial charge is 0.379 e. The summed E-state index contributed by atoms with van der Waals surface area (Å²) in [5.74, 6) is -0.223. The first-order valence-electron chi connectivity index (χ1n) is 10.3. The molecule has 156 valence electrons. The molecular weight excluding hydrogens is 364 g/mol. The van der Waals surface area contributed by atoms with Crippen molar-refractivity contribution >= 4 is 11.8 Å². The van der Waals surface area contributed by atoms with Crippen LogP contribution in [0.25, 0.3) is 0 Å². The Morgan fingerprint density at radius 2 is 1.62 bits per heavy atom. The predicted molar refractivity (Wildman–Crippen MR) is 115 cm³/mol. The monoisotopic (exact) mass is 396 g/mol. The van der Waals surface area contributed by atoms with Crippen molar-refractivity contribution in [2.45, 2.75) is 52.3 Å². The molecule has 2 amide bonds. The van der Waals surface area contributed by atoms with Gasteiger partial charge in [0.2, 0.25) is 11.8 Å². The van der Waals surface area contributed by atoms with Crippen molar-refractivity contribution in [2.24, 2.45) is 0 Å².